The molecular weight excluding hydrogens is 236 g/mol. The Morgan fingerprint density at radius 1 is 1.26 bits per heavy atom. The van der Waals surface area contributed by atoms with Gasteiger partial charge in [-0.2, -0.15) is 0 Å². The molecule has 102 valence electrons. The Hall–Kier alpha value is -1.57. The average molecular weight is 258 g/mol. The number of allylic oxidation sites excluding steroid dienone is 2. The molecule has 0 bridgehead atoms. The summed E-state index contributed by atoms with van der Waals surface area (Å²) in [6.07, 6.45) is 4.33. The Balaban J connectivity index is 1.91. The SMILES string of the molecule is CC(C)COC1=CC(=O)C(Cc2ccccc2)CC1. The van der Waals surface area contributed by atoms with Crippen molar-refractivity contribution in [3.63, 3.8) is 0 Å². The van der Waals surface area contributed by atoms with Gasteiger partial charge in [0.05, 0.1) is 12.4 Å². The van der Waals surface area contributed by atoms with Crippen LogP contribution in [-0.4, -0.2) is 12.4 Å². The number of hydrogen-bond donors (Lipinski definition) is 0. The van der Waals surface area contributed by atoms with Gasteiger partial charge in [0.25, 0.3) is 0 Å². The zero-order valence-corrected chi connectivity index (χ0v) is 11.8. The van der Waals surface area contributed by atoms with Crippen molar-refractivity contribution >= 4 is 5.78 Å². The maximum absolute atomic E-state index is 12.1. The Morgan fingerprint density at radius 2 is 2.00 bits per heavy atom. The van der Waals surface area contributed by atoms with E-state index in [2.05, 4.69) is 26.0 Å². The van der Waals surface area contributed by atoms with E-state index in [0.29, 0.717) is 12.5 Å². The highest BCUT2D eigenvalue weighted by Crippen LogP contribution is 2.25. The minimum absolute atomic E-state index is 0.119. The Labute approximate surface area is 115 Å². The van der Waals surface area contributed by atoms with E-state index < -0.39 is 0 Å². The number of hydrogen-bond acceptors (Lipinski definition) is 2. The van der Waals surface area contributed by atoms with Crippen LogP contribution in [0.2, 0.25) is 0 Å². The average Bonchev–Trinajstić information content (AvgIpc) is 2.40. The highest BCUT2D eigenvalue weighted by molar-refractivity contribution is 5.93. The number of rotatable bonds is 5. The number of carbonyl (C=O) groups excluding carboxylic acids is 1. The minimum atomic E-state index is 0.119. The van der Waals surface area contributed by atoms with Crippen molar-refractivity contribution in [2.24, 2.45) is 11.8 Å². The normalized spacial score (nSPS) is 19.4. The lowest BCUT2D eigenvalue weighted by Crippen LogP contribution is -2.21. The van der Waals surface area contributed by atoms with Crippen LogP contribution in [0.4, 0.5) is 0 Å². The maximum Gasteiger partial charge on any atom is 0.162 e. The molecule has 0 saturated heterocycles. The van der Waals surface area contributed by atoms with Gasteiger partial charge < -0.3 is 4.74 Å². The lowest BCUT2D eigenvalue weighted by Gasteiger charge is -2.21. The van der Waals surface area contributed by atoms with Crippen molar-refractivity contribution < 1.29 is 9.53 Å². The zero-order chi connectivity index (χ0) is 13.7. The predicted molar refractivity (Wildman–Crippen MR) is 76.8 cm³/mol. The smallest absolute Gasteiger partial charge is 0.162 e. The van der Waals surface area contributed by atoms with Crippen molar-refractivity contribution in [1.82, 2.24) is 0 Å². The summed E-state index contributed by atoms with van der Waals surface area (Å²) in [6, 6.07) is 10.2. The van der Waals surface area contributed by atoms with E-state index in [-0.39, 0.29) is 11.7 Å². The second kappa shape index (κ2) is 6.55. The second-order valence-electron chi connectivity index (χ2n) is 5.64. The van der Waals surface area contributed by atoms with Crippen molar-refractivity contribution in [3.05, 3.63) is 47.7 Å². The van der Waals surface area contributed by atoms with Gasteiger partial charge in [0.2, 0.25) is 0 Å². The molecule has 2 rings (SSSR count). The number of ketones is 1. The highest BCUT2D eigenvalue weighted by Gasteiger charge is 2.23. The van der Waals surface area contributed by atoms with E-state index in [9.17, 15) is 4.79 Å². The fraction of sp³-hybridized carbons (Fsp3) is 0.471. The highest BCUT2D eigenvalue weighted by atomic mass is 16.5. The van der Waals surface area contributed by atoms with Crippen LogP contribution in [0.3, 0.4) is 0 Å². The third kappa shape index (κ3) is 4.23. The summed E-state index contributed by atoms with van der Waals surface area (Å²) < 4.78 is 5.65. The number of benzene rings is 1. The van der Waals surface area contributed by atoms with Crippen LogP contribution < -0.4 is 0 Å². The molecule has 2 nitrogen and oxygen atoms in total. The van der Waals surface area contributed by atoms with Gasteiger partial charge in [-0.1, -0.05) is 44.2 Å². The first-order valence-electron chi connectivity index (χ1n) is 7.06. The molecule has 0 fully saturated rings. The van der Waals surface area contributed by atoms with Crippen LogP contribution in [0.15, 0.2) is 42.2 Å². The summed E-state index contributed by atoms with van der Waals surface area (Å²) in [5.41, 5.74) is 1.24. The van der Waals surface area contributed by atoms with Crippen LogP contribution in [0.5, 0.6) is 0 Å². The summed E-state index contributed by atoms with van der Waals surface area (Å²) in [5, 5.41) is 0. The molecule has 1 unspecified atom stereocenters. The molecule has 0 amide bonds. The molecular formula is C17H22O2. The van der Waals surface area contributed by atoms with E-state index in [1.807, 2.05) is 18.2 Å². The Morgan fingerprint density at radius 3 is 2.63 bits per heavy atom. The van der Waals surface area contributed by atoms with Gasteiger partial charge in [0, 0.05) is 18.4 Å². The minimum Gasteiger partial charge on any atom is -0.498 e. The van der Waals surface area contributed by atoms with E-state index in [1.165, 1.54) is 5.56 Å². The fourth-order valence-electron chi connectivity index (χ4n) is 2.30. The molecule has 1 aromatic rings. The van der Waals surface area contributed by atoms with Gasteiger partial charge in [0.1, 0.15) is 0 Å². The van der Waals surface area contributed by atoms with Crippen LogP contribution in [0, 0.1) is 11.8 Å². The van der Waals surface area contributed by atoms with Gasteiger partial charge in [0.15, 0.2) is 5.78 Å². The molecule has 1 aliphatic rings. The van der Waals surface area contributed by atoms with Crippen molar-refractivity contribution in [2.75, 3.05) is 6.61 Å². The van der Waals surface area contributed by atoms with E-state index in [1.54, 1.807) is 6.08 Å². The van der Waals surface area contributed by atoms with E-state index in [0.717, 1.165) is 25.0 Å². The first kappa shape index (κ1) is 13.9. The van der Waals surface area contributed by atoms with Crippen molar-refractivity contribution in [3.8, 4) is 0 Å². The standard InChI is InChI=1S/C17H22O2/c1-13(2)12-19-16-9-8-15(17(18)11-16)10-14-6-4-3-5-7-14/h3-7,11,13,15H,8-10,12H2,1-2H3. The number of ether oxygens (including phenoxy) is 1. The first-order chi connectivity index (χ1) is 9.15. The molecule has 0 aliphatic heterocycles. The third-order valence-electron chi connectivity index (χ3n) is 3.37. The van der Waals surface area contributed by atoms with E-state index in [4.69, 9.17) is 4.74 Å². The summed E-state index contributed by atoms with van der Waals surface area (Å²) in [7, 11) is 0. The first-order valence-corrected chi connectivity index (χ1v) is 7.06. The summed E-state index contributed by atoms with van der Waals surface area (Å²) >= 11 is 0. The van der Waals surface area contributed by atoms with Crippen LogP contribution in [0.25, 0.3) is 0 Å². The topological polar surface area (TPSA) is 26.3 Å². The third-order valence-corrected chi connectivity index (χ3v) is 3.37. The largest absolute Gasteiger partial charge is 0.498 e. The molecule has 0 radical (unpaired) electrons. The summed E-state index contributed by atoms with van der Waals surface area (Å²) in [4.78, 5) is 12.1. The molecule has 0 N–H and O–H groups in total. The molecule has 0 heterocycles. The maximum atomic E-state index is 12.1. The fourth-order valence-corrected chi connectivity index (χ4v) is 2.30. The van der Waals surface area contributed by atoms with Crippen LogP contribution >= 0.6 is 0 Å². The van der Waals surface area contributed by atoms with Crippen LogP contribution in [-0.2, 0) is 16.0 Å². The quantitative estimate of drug-likeness (QED) is 0.803. The van der Waals surface area contributed by atoms with Gasteiger partial charge >= 0.3 is 0 Å². The monoisotopic (exact) mass is 258 g/mol. The predicted octanol–water partition coefficient (Wildman–Crippen LogP) is 3.76. The molecule has 1 aromatic carbocycles. The Kier molecular flexibility index (Phi) is 4.78. The lowest BCUT2D eigenvalue weighted by atomic mass is 9.87. The van der Waals surface area contributed by atoms with Crippen molar-refractivity contribution in [1.29, 1.82) is 0 Å². The number of carbonyl (C=O) groups is 1. The Bertz CT molecular complexity index is 446. The molecule has 0 saturated carbocycles. The molecule has 2 heteroatoms. The zero-order valence-electron chi connectivity index (χ0n) is 11.8. The summed E-state index contributed by atoms with van der Waals surface area (Å²) in [6.45, 7) is 4.93. The molecule has 19 heavy (non-hydrogen) atoms. The van der Waals surface area contributed by atoms with Gasteiger partial charge in [-0.3, -0.25) is 4.79 Å². The summed E-state index contributed by atoms with van der Waals surface area (Å²) in [5.74, 6) is 1.70. The molecule has 0 spiro atoms. The van der Waals surface area contributed by atoms with Crippen LogP contribution in [0.1, 0.15) is 32.3 Å². The van der Waals surface area contributed by atoms with Gasteiger partial charge in [-0.15, -0.1) is 0 Å². The van der Waals surface area contributed by atoms with E-state index >= 15 is 0 Å². The van der Waals surface area contributed by atoms with Gasteiger partial charge in [-0.05, 0) is 24.3 Å². The lowest BCUT2D eigenvalue weighted by molar-refractivity contribution is -0.119. The molecule has 1 atom stereocenters. The second-order valence-corrected chi connectivity index (χ2v) is 5.64. The molecule has 1 aliphatic carbocycles. The molecule has 0 aromatic heterocycles. The van der Waals surface area contributed by atoms with Gasteiger partial charge in [-0.25, -0.2) is 0 Å². The van der Waals surface area contributed by atoms with Crippen molar-refractivity contribution in [2.45, 2.75) is 33.1 Å².